The lowest BCUT2D eigenvalue weighted by Crippen LogP contribution is -2.27. The van der Waals surface area contributed by atoms with Crippen LogP contribution in [0.15, 0.2) is 55.1 Å². The molecule has 4 rings (SSSR count). The Morgan fingerprint density at radius 1 is 1.15 bits per heavy atom. The minimum atomic E-state index is 0.622. The van der Waals surface area contributed by atoms with Crippen LogP contribution in [-0.4, -0.2) is 30.1 Å². The molecule has 0 radical (unpaired) electrons. The molecule has 0 N–H and O–H groups in total. The summed E-state index contributed by atoms with van der Waals surface area (Å²) in [5.41, 5.74) is 6.34. The van der Waals surface area contributed by atoms with Gasteiger partial charge in [-0.3, -0.25) is 4.40 Å². The van der Waals surface area contributed by atoms with E-state index in [4.69, 9.17) is 14.5 Å². The first-order chi connectivity index (χ1) is 16.1. The molecule has 0 saturated heterocycles. The lowest BCUT2D eigenvalue weighted by molar-refractivity contribution is 0.354. The van der Waals surface area contributed by atoms with Gasteiger partial charge in [0, 0.05) is 13.1 Å². The Bertz CT molecular complexity index is 1380. The van der Waals surface area contributed by atoms with E-state index >= 15 is 0 Å². The van der Waals surface area contributed by atoms with Gasteiger partial charge in [0.15, 0.2) is 17.1 Å². The topological polar surface area (TPSA) is 62.8 Å². The van der Waals surface area contributed by atoms with Gasteiger partial charge < -0.3 is 14.4 Å². The number of benzene rings is 2. The van der Waals surface area contributed by atoms with Crippen LogP contribution in [0.2, 0.25) is 0 Å². The highest BCUT2D eigenvalue weighted by molar-refractivity contribution is 5.86. The number of ether oxygens (including phenoxy) is 2. The van der Waals surface area contributed by atoms with Crippen molar-refractivity contribution in [1.29, 1.82) is 5.26 Å². The maximum atomic E-state index is 9.98. The molecule has 2 aromatic carbocycles. The zero-order valence-electron chi connectivity index (χ0n) is 19.6. The lowest BCUT2D eigenvalue weighted by Gasteiger charge is -2.29. The Labute approximate surface area is 194 Å². The number of para-hydroxylation sites is 2. The first-order valence-corrected chi connectivity index (χ1v) is 11.0. The molecule has 2 heterocycles. The maximum Gasteiger partial charge on any atom is 0.161 e. The fourth-order valence-electron chi connectivity index (χ4n) is 4.50. The van der Waals surface area contributed by atoms with Crippen molar-refractivity contribution in [2.24, 2.45) is 0 Å². The quantitative estimate of drug-likeness (QED) is 0.342. The van der Waals surface area contributed by atoms with E-state index in [1.54, 1.807) is 14.2 Å². The summed E-state index contributed by atoms with van der Waals surface area (Å²) in [4.78, 5) is 7.11. The first-order valence-electron chi connectivity index (χ1n) is 11.0. The van der Waals surface area contributed by atoms with E-state index in [-0.39, 0.29) is 0 Å². The number of hydrogen-bond acceptors (Lipinski definition) is 5. The normalized spacial score (nSPS) is 10.9. The van der Waals surface area contributed by atoms with Gasteiger partial charge in [0.25, 0.3) is 0 Å². The van der Waals surface area contributed by atoms with E-state index in [9.17, 15) is 5.26 Å². The number of aromatic nitrogens is 2. The van der Waals surface area contributed by atoms with Crippen LogP contribution in [0.1, 0.15) is 29.2 Å². The zero-order valence-corrected chi connectivity index (χ0v) is 19.6. The molecule has 6 heteroatoms. The van der Waals surface area contributed by atoms with E-state index in [1.165, 1.54) is 0 Å². The van der Waals surface area contributed by atoms with E-state index in [1.807, 2.05) is 49.4 Å². The average molecular weight is 441 g/mol. The van der Waals surface area contributed by atoms with Gasteiger partial charge in [-0.1, -0.05) is 31.2 Å². The van der Waals surface area contributed by atoms with Gasteiger partial charge in [-0.15, -0.1) is 6.58 Å². The summed E-state index contributed by atoms with van der Waals surface area (Å²) >= 11 is 0. The van der Waals surface area contributed by atoms with E-state index in [2.05, 4.69) is 34.9 Å². The van der Waals surface area contributed by atoms with Crippen LogP contribution in [0.4, 0.5) is 5.82 Å². The Balaban J connectivity index is 1.99. The number of methoxy groups -OCH3 is 2. The van der Waals surface area contributed by atoms with E-state index < -0.39 is 0 Å². The second-order valence-electron chi connectivity index (χ2n) is 7.89. The summed E-state index contributed by atoms with van der Waals surface area (Å²) in [5.74, 6) is 2.42. The van der Waals surface area contributed by atoms with Crippen molar-refractivity contribution in [3.8, 4) is 17.6 Å². The van der Waals surface area contributed by atoms with Gasteiger partial charge in [-0.05, 0) is 54.3 Å². The number of fused-ring (bicyclic) bond motifs is 3. The summed E-state index contributed by atoms with van der Waals surface area (Å²) in [6.45, 7) is 9.41. The summed E-state index contributed by atoms with van der Waals surface area (Å²) in [7, 11) is 3.28. The van der Waals surface area contributed by atoms with Crippen molar-refractivity contribution >= 4 is 22.5 Å². The van der Waals surface area contributed by atoms with Gasteiger partial charge in [-0.2, -0.15) is 5.26 Å². The summed E-state index contributed by atoms with van der Waals surface area (Å²) < 4.78 is 13.1. The molecular weight excluding hydrogens is 412 g/mol. The van der Waals surface area contributed by atoms with Crippen molar-refractivity contribution in [1.82, 2.24) is 9.38 Å². The summed E-state index contributed by atoms with van der Waals surface area (Å²) in [6.07, 6.45) is 2.69. The fraction of sp³-hybridized carbons (Fsp3) is 0.259. The smallest absolute Gasteiger partial charge is 0.161 e. The lowest BCUT2D eigenvalue weighted by atomic mass is 10.0. The van der Waals surface area contributed by atoms with Crippen molar-refractivity contribution < 1.29 is 9.47 Å². The second-order valence-corrected chi connectivity index (χ2v) is 7.89. The van der Waals surface area contributed by atoms with Gasteiger partial charge in [0.1, 0.15) is 11.9 Å². The van der Waals surface area contributed by atoms with Crippen LogP contribution in [-0.2, 0) is 13.0 Å². The van der Waals surface area contributed by atoms with Crippen LogP contribution < -0.4 is 14.4 Å². The van der Waals surface area contributed by atoms with Crippen LogP contribution >= 0.6 is 0 Å². The molecule has 0 fully saturated rings. The predicted molar refractivity (Wildman–Crippen MR) is 132 cm³/mol. The van der Waals surface area contributed by atoms with Crippen LogP contribution in [0.3, 0.4) is 0 Å². The molecule has 0 aliphatic heterocycles. The van der Waals surface area contributed by atoms with Crippen molar-refractivity contribution in [2.45, 2.75) is 26.8 Å². The highest BCUT2D eigenvalue weighted by atomic mass is 16.5. The molecule has 0 amide bonds. The highest BCUT2D eigenvalue weighted by Gasteiger charge is 2.23. The second kappa shape index (κ2) is 9.25. The number of anilines is 1. The third kappa shape index (κ3) is 3.76. The third-order valence-corrected chi connectivity index (χ3v) is 6.03. The van der Waals surface area contributed by atoms with E-state index in [0.717, 1.165) is 40.0 Å². The Hall–Kier alpha value is -3.98. The van der Waals surface area contributed by atoms with Gasteiger partial charge in [-0.25, -0.2) is 4.98 Å². The molecule has 0 aliphatic carbocycles. The number of pyridine rings is 1. The number of nitrogens with zero attached hydrogens (tertiary/aromatic N) is 4. The van der Waals surface area contributed by atoms with Crippen molar-refractivity contribution in [3.63, 3.8) is 0 Å². The van der Waals surface area contributed by atoms with Gasteiger partial charge in [0.2, 0.25) is 0 Å². The fourth-order valence-corrected chi connectivity index (χ4v) is 4.50. The average Bonchev–Trinajstić information content (AvgIpc) is 3.21. The molecule has 0 saturated carbocycles. The Kier molecular flexibility index (Phi) is 6.23. The van der Waals surface area contributed by atoms with Crippen molar-refractivity contribution in [3.05, 3.63) is 77.4 Å². The Morgan fingerprint density at radius 2 is 1.91 bits per heavy atom. The number of hydrogen-bond donors (Lipinski definition) is 0. The SMILES string of the molecule is C=CCN(Cc1ccc(OC)c(OC)c1)c1c(CC)c(C)c(C#N)c2nc3ccccc3n12. The van der Waals surface area contributed by atoms with Gasteiger partial charge >= 0.3 is 0 Å². The highest BCUT2D eigenvalue weighted by Crippen LogP contribution is 2.35. The van der Waals surface area contributed by atoms with Crippen LogP contribution in [0.5, 0.6) is 11.5 Å². The van der Waals surface area contributed by atoms with Gasteiger partial charge in [0.05, 0.1) is 30.8 Å². The molecular formula is C27H28N4O2. The molecule has 168 valence electrons. The zero-order chi connectivity index (χ0) is 23.5. The third-order valence-electron chi connectivity index (χ3n) is 6.03. The number of rotatable bonds is 8. The molecule has 0 aliphatic rings. The molecule has 2 aromatic heterocycles. The van der Waals surface area contributed by atoms with E-state index in [0.29, 0.717) is 35.8 Å². The largest absolute Gasteiger partial charge is 0.493 e. The van der Waals surface area contributed by atoms with Crippen molar-refractivity contribution in [2.75, 3.05) is 25.7 Å². The number of nitriles is 1. The molecule has 6 nitrogen and oxygen atoms in total. The standard InChI is InChI=1S/C27H28N4O2/c1-6-14-30(17-19-12-13-24(32-4)25(15-19)33-5)27-20(7-2)18(3)21(16-28)26-29-22-10-8-9-11-23(22)31(26)27/h6,8-13,15H,1,7,14,17H2,2-5H3. The monoisotopic (exact) mass is 440 g/mol. The predicted octanol–water partition coefficient (Wildman–Crippen LogP) is 5.44. The molecule has 33 heavy (non-hydrogen) atoms. The Morgan fingerprint density at radius 3 is 2.58 bits per heavy atom. The number of imidazole rings is 1. The maximum absolute atomic E-state index is 9.98. The molecule has 4 aromatic rings. The minimum Gasteiger partial charge on any atom is -0.493 e. The summed E-state index contributed by atoms with van der Waals surface area (Å²) in [6, 6.07) is 16.4. The summed E-state index contributed by atoms with van der Waals surface area (Å²) in [5, 5.41) is 9.98. The molecule has 0 unspecified atom stereocenters. The molecule has 0 spiro atoms. The molecule has 0 bridgehead atoms. The van der Waals surface area contributed by atoms with Crippen LogP contribution in [0, 0.1) is 18.3 Å². The molecule has 0 atom stereocenters. The first kappa shape index (κ1) is 22.2. The minimum absolute atomic E-state index is 0.622. The van der Waals surface area contributed by atoms with Crippen LogP contribution in [0.25, 0.3) is 16.7 Å².